The molecule has 2 aromatic rings. The van der Waals surface area contributed by atoms with Crippen molar-refractivity contribution in [3.05, 3.63) is 40.5 Å². The lowest BCUT2D eigenvalue weighted by Crippen LogP contribution is -1.98. The van der Waals surface area contributed by atoms with E-state index in [-0.39, 0.29) is 6.61 Å². The lowest BCUT2D eigenvalue weighted by atomic mass is 10.2. The number of aliphatic hydroxyl groups is 1. The molecule has 19 heavy (non-hydrogen) atoms. The first kappa shape index (κ1) is 14.1. The first-order chi connectivity index (χ1) is 9.13. The van der Waals surface area contributed by atoms with E-state index in [0.717, 1.165) is 5.56 Å². The van der Waals surface area contributed by atoms with Crippen molar-refractivity contribution in [2.24, 2.45) is 0 Å². The van der Waals surface area contributed by atoms with Crippen LogP contribution in [0.2, 0.25) is 5.02 Å². The zero-order chi connectivity index (χ0) is 13.8. The first-order valence-electron chi connectivity index (χ1n) is 5.59. The molecule has 100 valence electrons. The highest BCUT2D eigenvalue weighted by Crippen LogP contribution is 2.27. The maximum Gasteiger partial charge on any atom is 0.228 e. The Kier molecular flexibility index (Phi) is 4.63. The van der Waals surface area contributed by atoms with E-state index >= 15 is 0 Å². The minimum atomic E-state index is -0.170. The van der Waals surface area contributed by atoms with Gasteiger partial charge in [0, 0.05) is 11.2 Å². The molecule has 0 bridgehead atoms. The molecule has 0 aliphatic rings. The van der Waals surface area contributed by atoms with Gasteiger partial charge in [-0.05, 0) is 36.9 Å². The summed E-state index contributed by atoms with van der Waals surface area (Å²) in [6.07, 6.45) is 3.45. The van der Waals surface area contributed by atoms with E-state index in [0.29, 0.717) is 27.4 Å². The number of aromatic nitrogens is 2. The lowest BCUT2D eigenvalue weighted by Gasteiger charge is -2.10. The average molecular weight is 297 g/mol. The summed E-state index contributed by atoms with van der Waals surface area (Å²) in [7, 11) is 0. The van der Waals surface area contributed by atoms with Crippen LogP contribution in [-0.2, 0) is 6.61 Å². The van der Waals surface area contributed by atoms with Gasteiger partial charge in [-0.3, -0.25) is 0 Å². The summed E-state index contributed by atoms with van der Waals surface area (Å²) in [6, 6.07) is 5.35. The second-order valence-corrected chi connectivity index (χ2v) is 5.04. The summed E-state index contributed by atoms with van der Waals surface area (Å²) in [5, 5.41) is 10.5. The highest BCUT2D eigenvalue weighted by atomic mass is 35.5. The van der Waals surface area contributed by atoms with Gasteiger partial charge < -0.3 is 9.84 Å². The number of hydrogen-bond donors (Lipinski definition) is 1. The molecule has 1 heterocycles. The van der Waals surface area contributed by atoms with E-state index < -0.39 is 0 Å². The maximum absolute atomic E-state index is 9.27. The van der Waals surface area contributed by atoms with Crippen molar-refractivity contribution < 1.29 is 9.84 Å². The third-order valence-corrected chi connectivity index (χ3v) is 3.49. The molecule has 2 rings (SSSR count). The Balaban J connectivity index is 2.33. The number of rotatable bonds is 4. The minimum Gasteiger partial charge on any atom is -0.438 e. The van der Waals surface area contributed by atoms with Crippen LogP contribution in [0.3, 0.4) is 0 Å². The highest BCUT2D eigenvalue weighted by Gasteiger charge is 2.09. The molecule has 0 aliphatic carbocycles. The maximum atomic E-state index is 9.27. The molecule has 1 aromatic carbocycles. The number of hydrogen-bond acceptors (Lipinski definition) is 5. The summed E-state index contributed by atoms with van der Waals surface area (Å²) < 4.78 is 5.70. The molecule has 1 N–H and O–H groups in total. The fourth-order valence-corrected chi connectivity index (χ4v) is 1.91. The van der Waals surface area contributed by atoms with Crippen LogP contribution in [0.1, 0.15) is 11.1 Å². The van der Waals surface area contributed by atoms with E-state index in [2.05, 4.69) is 9.97 Å². The molecule has 0 atom stereocenters. The van der Waals surface area contributed by atoms with Crippen LogP contribution in [-0.4, -0.2) is 21.3 Å². The number of aryl methyl sites for hydroxylation is 1. The van der Waals surface area contributed by atoms with Crippen LogP contribution >= 0.6 is 23.4 Å². The summed E-state index contributed by atoms with van der Waals surface area (Å²) in [5.41, 5.74) is 1.47. The third-order valence-electron chi connectivity index (χ3n) is 2.50. The van der Waals surface area contributed by atoms with Crippen LogP contribution in [0.5, 0.6) is 11.6 Å². The molecular formula is C13H13ClN2O2S. The van der Waals surface area contributed by atoms with Crippen molar-refractivity contribution in [1.82, 2.24) is 9.97 Å². The predicted molar refractivity (Wildman–Crippen MR) is 76.0 cm³/mol. The number of nitrogens with zero attached hydrogens (tertiary/aromatic N) is 2. The van der Waals surface area contributed by atoms with Crippen LogP contribution in [0.4, 0.5) is 0 Å². The number of halogens is 1. The van der Waals surface area contributed by atoms with Crippen LogP contribution < -0.4 is 4.74 Å². The van der Waals surface area contributed by atoms with E-state index in [1.807, 2.05) is 19.2 Å². The van der Waals surface area contributed by atoms with Crippen LogP contribution in [0.25, 0.3) is 0 Å². The summed E-state index contributed by atoms with van der Waals surface area (Å²) in [5.74, 6) is 0.992. The van der Waals surface area contributed by atoms with Crippen molar-refractivity contribution in [1.29, 1.82) is 0 Å². The minimum absolute atomic E-state index is 0.170. The van der Waals surface area contributed by atoms with Crippen molar-refractivity contribution in [3.63, 3.8) is 0 Å². The van der Waals surface area contributed by atoms with Crippen LogP contribution in [0, 0.1) is 6.92 Å². The zero-order valence-corrected chi connectivity index (χ0v) is 12.1. The topological polar surface area (TPSA) is 55.2 Å². The van der Waals surface area contributed by atoms with E-state index in [1.54, 1.807) is 18.3 Å². The molecule has 0 saturated carbocycles. The number of aliphatic hydroxyl groups excluding tert-OH is 1. The van der Waals surface area contributed by atoms with Gasteiger partial charge in [0.25, 0.3) is 0 Å². The zero-order valence-electron chi connectivity index (χ0n) is 10.6. The second-order valence-electron chi connectivity index (χ2n) is 3.86. The van der Waals surface area contributed by atoms with Gasteiger partial charge in [-0.15, -0.1) is 0 Å². The Labute approximate surface area is 120 Å². The molecule has 0 fully saturated rings. The van der Waals surface area contributed by atoms with Crippen molar-refractivity contribution in [3.8, 4) is 11.6 Å². The van der Waals surface area contributed by atoms with E-state index in [4.69, 9.17) is 16.3 Å². The standard InChI is InChI=1S/C13H13ClN2O2S/c1-8-5-10(3-4-11(8)14)18-12-9(7-17)6-15-13(16-12)19-2/h3-6,17H,7H2,1-2H3. The quantitative estimate of drug-likeness (QED) is 0.692. The molecule has 0 saturated heterocycles. The van der Waals surface area contributed by atoms with Gasteiger partial charge in [-0.1, -0.05) is 23.4 Å². The number of ether oxygens (including phenoxy) is 1. The lowest BCUT2D eigenvalue weighted by molar-refractivity contribution is 0.273. The highest BCUT2D eigenvalue weighted by molar-refractivity contribution is 7.98. The fourth-order valence-electron chi connectivity index (χ4n) is 1.46. The largest absolute Gasteiger partial charge is 0.438 e. The fraction of sp³-hybridized carbons (Fsp3) is 0.231. The van der Waals surface area contributed by atoms with Crippen molar-refractivity contribution in [2.45, 2.75) is 18.7 Å². The van der Waals surface area contributed by atoms with E-state index in [1.165, 1.54) is 11.8 Å². The molecule has 1 aromatic heterocycles. The Morgan fingerprint density at radius 3 is 2.84 bits per heavy atom. The van der Waals surface area contributed by atoms with Gasteiger partial charge in [0.15, 0.2) is 5.16 Å². The van der Waals surface area contributed by atoms with Gasteiger partial charge in [0.1, 0.15) is 5.75 Å². The molecule has 6 heteroatoms. The molecule has 0 aliphatic heterocycles. The Bertz CT molecular complexity index is 593. The molecule has 0 unspecified atom stereocenters. The third kappa shape index (κ3) is 3.37. The monoisotopic (exact) mass is 296 g/mol. The normalized spacial score (nSPS) is 10.5. The van der Waals surface area contributed by atoms with E-state index in [9.17, 15) is 5.11 Å². The number of thioether (sulfide) groups is 1. The van der Waals surface area contributed by atoms with Gasteiger partial charge in [-0.2, -0.15) is 4.98 Å². The van der Waals surface area contributed by atoms with Gasteiger partial charge in [-0.25, -0.2) is 4.98 Å². The van der Waals surface area contributed by atoms with Gasteiger partial charge >= 0.3 is 0 Å². The van der Waals surface area contributed by atoms with Gasteiger partial charge in [0.2, 0.25) is 5.88 Å². The molecule has 0 radical (unpaired) electrons. The molecule has 4 nitrogen and oxygen atoms in total. The summed E-state index contributed by atoms with van der Waals surface area (Å²) >= 11 is 7.38. The smallest absolute Gasteiger partial charge is 0.228 e. The predicted octanol–water partition coefficient (Wildman–Crippen LogP) is 3.44. The number of benzene rings is 1. The Morgan fingerprint density at radius 2 is 2.21 bits per heavy atom. The Morgan fingerprint density at radius 1 is 1.42 bits per heavy atom. The molecular weight excluding hydrogens is 284 g/mol. The molecule has 0 spiro atoms. The molecule has 0 amide bonds. The van der Waals surface area contributed by atoms with Crippen LogP contribution in [0.15, 0.2) is 29.6 Å². The first-order valence-corrected chi connectivity index (χ1v) is 7.19. The van der Waals surface area contributed by atoms with Gasteiger partial charge in [0.05, 0.1) is 12.2 Å². The SMILES string of the molecule is CSc1ncc(CO)c(Oc2ccc(Cl)c(C)c2)n1. The second kappa shape index (κ2) is 6.23. The average Bonchev–Trinajstić information content (AvgIpc) is 2.43. The van der Waals surface area contributed by atoms with Crippen molar-refractivity contribution >= 4 is 23.4 Å². The summed E-state index contributed by atoms with van der Waals surface area (Å²) in [6.45, 7) is 1.73. The summed E-state index contributed by atoms with van der Waals surface area (Å²) in [4.78, 5) is 8.34. The Hall–Kier alpha value is -1.30. The van der Waals surface area contributed by atoms with Crippen molar-refractivity contribution in [2.75, 3.05) is 6.26 Å².